The van der Waals surface area contributed by atoms with Gasteiger partial charge in [0.2, 0.25) is 11.7 Å². The number of nitrogens with one attached hydrogen (secondary N) is 1. The number of aromatic nitrogens is 2. The molecule has 1 heterocycles. The number of methoxy groups -OCH3 is 1. The maximum atomic E-state index is 12.5. The van der Waals surface area contributed by atoms with Gasteiger partial charge < -0.3 is 14.6 Å². The van der Waals surface area contributed by atoms with Crippen LogP contribution in [0.15, 0.2) is 53.1 Å². The van der Waals surface area contributed by atoms with Crippen LogP contribution in [0.25, 0.3) is 11.4 Å². The van der Waals surface area contributed by atoms with Crippen molar-refractivity contribution in [2.45, 2.75) is 31.6 Å². The van der Waals surface area contributed by atoms with Crippen molar-refractivity contribution in [2.24, 2.45) is 0 Å². The Balaban J connectivity index is 1.51. The maximum absolute atomic E-state index is 12.5. The van der Waals surface area contributed by atoms with E-state index < -0.39 is 0 Å². The monoisotopic (exact) mass is 363 g/mol. The molecule has 0 radical (unpaired) electrons. The van der Waals surface area contributed by atoms with Crippen molar-refractivity contribution in [3.8, 4) is 17.1 Å². The first-order valence-corrected chi connectivity index (χ1v) is 9.12. The van der Waals surface area contributed by atoms with E-state index in [1.54, 1.807) is 31.4 Å². The molecule has 1 fully saturated rings. The first-order chi connectivity index (χ1) is 13.2. The summed E-state index contributed by atoms with van der Waals surface area (Å²) in [7, 11) is 1.57. The third-order valence-electron chi connectivity index (χ3n) is 4.86. The molecule has 0 bridgehead atoms. The van der Waals surface area contributed by atoms with Gasteiger partial charge in [0.1, 0.15) is 5.75 Å². The topological polar surface area (TPSA) is 77.2 Å². The number of rotatable bonds is 5. The van der Waals surface area contributed by atoms with E-state index in [4.69, 9.17) is 9.26 Å². The van der Waals surface area contributed by atoms with Crippen LogP contribution in [0.4, 0.5) is 5.69 Å². The van der Waals surface area contributed by atoms with Crippen molar-refractivity contribution < 1.29 is 14.1 Å². The summed E-state index contributed by atoms with van der Waals surface area (Å²) < 4.78 is 10.6. The average molecular weight is 363 g/mol. The molecular formula is C21H21N3O3. The number of hydrogen-bond acceptors (Lipinski definition) is 5. The highest BCUT2D eigenvalue weighted by molar-refractivity contribution is 6.04. The summed E-state index contributed by atoms with van der Waals surface area (Å²) in [4.78, 5) is 17.0. The number of hydrogen-bond donors (Lipinski definition) is 1. The predicted molar refractivity (Wildman–Crippen MR) is 102 cm³/mol. The molecule has 0 atom stereocenters. The fraction of sp³-hybridized carbons (Fsp3) is 0.286. The van der Waals surface area contributed by atoms with E-state index in [-0.39, 0.29) is 5.91 Å². The van der Waals surface area contributed by atoms with Gasteiger partial charge >= 0.3 is 0 Å². The molecule has 1 saturated carbocycles. The first kappa shape index (κ1) is 17.3. The molecule has 1 aromatic heterocycles. The van der Waals surface area contributed by atoms with Crippen LogP contribution in [0.5, 0.6) is 5.75 Å². The van der Waals surface area contributed by atoms with Crippen LogP contribution in [0.1, 0.15) is 47.8 Å². The van der Waals surface area contributed by atoms with Crippen molar-refractivity contribution in [1.29, 1.82) is 0 Å². The largest absolute Gasteiger partial charge is 0.497 e. The van der Waals surface area contributed by atoms with Crippen molar-refractivity contribution in [2.75, 3.05) is 12.4 Å². The minimum absolute atomic E-state index is 0.203. The third-order valence-corrected chi connectivity index (χ3v) is 4.86. The van der Waals surface area contributed by atoms with E-state index in [2.05, 4.69) is 15.5 Å². The van der Waals surface area contributed by atoms with Crippen LogP contribution in [0, 0.1) is 0 Å². The quantitative estimate of drug-likeness (QED) is 0.714. The Kier molecular flexibility index (Phi) is 4.87. The second-order valence-electron chi connectivity index (χ2n) is 6.70. The summed E-state index contributed by atoms with van der Waals surface area (Å²) in [5.74, 6) is 2.08. The van der Waals surface area contributed by atoms with Crippen LogP contribution in [0.3, 0.4) is 0 Å². The molecule has 3 aromatic rings. The van der Waals surface area contributed by atoms with E-state index in [0.29, 0.717) is 34.6 Å². The van der Waals surface area contributed by atoms with Crippen LogP contribution >= 0.6 is 0 Å². The number of nitrogens with zero attached hydrogens (tertiary/aromatic N) is 2. The molecular weight excluding hydrogens is 342 g/mol. The lowest BCUT2D eigenvalue weighted by molar-refractivity contribution is 0.102. The number of carbonyl (C=O) groups excluding carboxylic acids is 1. The SMILES string of the molecule is COc1cccc(C(=O)Nc2cccc(-c3noc(C4CCCC4)n3)c2)c1. The van der Waals surface area contributed by atoms with E-state index in [1.165, 1.54) is 12.8 Å². The lowest BCUT2D eigenvalue weighted by Gasteiger charge is -2.07. The zero-order chi connectivity index (χ0) is 18.6. The Labute approximate surface area is 157 Å². The van der Waals surface area contributed by atoms with Crippen LogP contribution < -0.4 is 10.1 Å². The Morgan fingerprint density at radius 3 is 2.78 bits per heavy atom. The van der Waals surface area contributed by atoms with Gasteiger partial charge in [-0.3, -0.25) is 4.79 Å². The number of ether oxygens (including phenoxy) is 1. The molecule has 27 heavy (non-hydrogen) atoms. The van der Waals surface area contributed by atoms with Crippen LogP contribution in [-0.4, -0.2) is 23.2 Å². The minimum Gasteiger partial charge on any atom is -0.497 e. The summed E-state index contributed by atoms with van der Waals surface area (Å²) in [6, 6.07) is 14.5. The highest BCUT2D eigenvalue weighted by atomic mass is 16.5. The number of anilines is 1. The number of carbonyl (C=O) groups is 1. The lowest BCUT2D eigenvalue weighted by Crippen LogP contribution is -2.11. The van der Waals surface area contributed by atoms with Gasteiger partial charge in [-0.05, 0) is 43.2 Å². The normalized spacial score (nSPS) is 14.3. The smallest absolute Gasteiger partial charge is 0.255 e. The Hall–Kier alpha value is -3.15. The van der Waals surface area contributed by atoms with E-state index in [0.717, 1.165) is 18.4 Å². The maximum Gasteiger partial charge on any atom is 0.255 e. The van der Waals surface area contributed by atoms with Gasteiger partial charge in [-0.2, -0.15) is 4.98 Å². The highest BCUT2D eigenvalue weighted by Crippen LogP contribution is 2.34. The highest BCUT2D eigenvalue weighted by Gasteiger charge is 2.23. The first-order valence-electron chi connectivity index (χ1n) is 9.12. The molecule has 138 valence electrons. The molecule has 2 aromatic carbocycles. The summed E-state index contributed by atoms with van der Waals surface area (Å²) in [6.45, 7) is 0. The van der Waals surface area contributed by atoms with E-state index in [9.17, 15) is 4.79 Å². The van der Waals surface area contributed by atoms with Crippen molar-refractivity contribution in [3.05, 3.63) is 60.0 Å². The van der Waals surface area contributed by atoms with Gasteiger partial charge in [-0.1, -0.05) is 36.2 Å². The van der Waals surface area contributed by atoms with Gasteiger partial charge in [0, 0.05) is 22.7 Å². The molecule has 0 saturated heterocycles. The van der Waals surface area contributed by atoms with Gasteiger partial charge in [0.15, 0.2) is 0 Å². The molecule has 4 rings (SSSR count). The fourth-order valence-corrected chi connectivity index (χ4v) is 3.39. The molecule has 0 unspecified atom stereocenters. The molecule has 0 aliphatic heterocycles. The van der Waals surface area contributed by atoms with E-state index in [1.807, 2.05) is 24.3 Å². The number of amides is 1. The summed E-state index contributed by atoms with van der Waals surface area (Å²) >= 11 is 0. The minimum atomic E-state index is -0.203. The lowest BCUT2D eigenvalue weighted by atomic mass is 10.1. The van der Waals surface area contributed by atoms with E-state index >= 15 is 0 Å². The molecule has 0 spiro atoms. The van der Waals surface area contributed by atoms with Crippen molar-refractivity contribution >= 4 is 11.6 Å². The average Bonchev–Trinajstić information content (AvgIpc) is 3.40. The second kappa shape index (κ2) is 7.61. The van der Waals surface area contributed by atoms with Crippen LogP contribution in [0.2, 0.25) is 0 Å². The molecule has 1 aliphatic rings. The summed E-state index contributed by atoms with van der Waals surface area (Å²) in [5.41, 5.74) is 2.02. The van der Waals surface area contributed by atoms with Crippen molar-refractivity contribution in [1.82, 2.24) is 10.1 Å². The molecule has 6 heteroatoms. The molecule has 1 N–H and O–H groups in total. The van der Waals surface area contributed by atoms with Gasteiger partial charge in [0.05, 0.1) is 7.11 Å². The zero-order valence-electron chi connectivity index (χ0n) is 15.1. The van der Waals surface area contributed by atoms with Gasteiger partial charge in [-0.15, -0.1) is 0 Å². The Morgan fingerprint density at radius 2 is 1.96 bits per heavy atom. The zero-order valence-corrected chi connectivity index (χ0v) is 15.1. The van der Waals surface area contributed by atoms with Crippen molar-refractivity contribution in [3.63, 3.8) is 0 Å². The third kappa shape index (κ3) is 3.84. The Bertz CT molecular complexity index is 945. The predicted octanol–water partition coefficient (Wildman–Crippen LogP) is 4.66. The fourth-order valence-electron chi connectivity index (χ4n) is 3.39. The van der Waals surface area contributed by atoms with Crippen LogP contribution in [-0.2, 0) is 0 Å². The standard InChI is InChI=1S/C21H21N3O3/c1-26-18-11-5-9-16(13-18)20(25)22-17-10-4-8-15(12-17)19-23-21(27-24-19)14-6-2-3-7-14/h4-5,8-14H,2-3,6-7H2,1H3,(H,22,25). The molecule has 1 aliphatic carbocycles. The molecule has 6 nitrogen and oxygen atoms in total. The van der Waals surface area contributed by atoms with Gasteiger partial charge in [0.25, 0.3) is 5.91 Å². The second-order valence-corrected chi connectivity index (χ2v) is 6.70. The summed E-state index contributed by atoms with van der Waals surface area (Å²) in [5, 5.41) is 7.02. The number of benzene rings is 2. The van der Waals surface area contributed by atoms with Gasteiger partial charge in [-0.25, -0.2) is 0 Å². The molecule has 1 amide bonds. The summed E-state index contributed by atoms with van der Waals surface area (Å²) in [6.07, 6.45) is 4.65. The Morgan fingerprint density at radius 1 is 1.15 bits per heavy atom.